The van der Waals surface area contributed by atoms with Crippen LogP contribution in [-0.4, -0.2) is 38.0 Å². The summed E-state index contributed by atoms with van der Waals surface area (Å²) < 4.78 is 31.5. The molecule has 1 atom stereocenters. The minimum absolute atomic E-state index is 0.283. The third kappa shape index (κ3) is 5.20. The first kappa shape index (κ1) is 20.7. The van der Waals surface area contributed by atoms with Gasteiger partial charge in [0, 0.05) is 12.2 Å². The fraction of sp³-hybridized carbons (Fsp3) is 0.632. The van der Waals surface area contributed by atoms with E-state index in [9.17, 15) is 13.2 Å². The van der Waals surface area contributed by atoms with Crippen LogP contribution in [0.15, 0.2) is 24.3 Å². The van der Waals surface area contributed by atoms with Gasteiger partial charge in [0.1, 0.15) is 17.6 Å². The summed E-state index contributed by atoms with van der Waals surface area (Å²) in [4.78, 5) is 12.8. The van der Waals surface area contributed by atoms with E-state index in [0.717, 1.165) is 19.3 Å². The van der Waals surface area contributed by atoms with Crippen molar-refractivity contribution in [3.8, 4) is 5.75 Å². The smallest absolute Gasteiger partial charge is 0.242 e. The summed E-state index contributed by atoms with van der Waals surface area (Å²) in [5.74, 6) is -0.0843. The summed E-state index contributed by atoms with van der Waals surface area (Å²) in [5, 5.41) is 1.32. The van der Waals surface area contributed by atoms with Crippen molar-refractivity contribution in [2.75, 3.05) is 18.5 Å². The number of anilines is 1. The van der Waals surface area contributed by atoms with Crippen molar-refractivity contribution in [1.82, 2.24) is 0 Å². The summed E-state index contributed by atoms with van der Waals surface area (Å²) in [7, 11) is -3.51. The van der Waals surface area contributed by atoms with Crippen molar-refractivity contribution in [2.24, 2.45) is 11.7 Å². The van der Waals surface area contributed by atoms with E-state index in [2.05, 4.69) is 5.32 Å². The highest BCUT2D eigenvalue weighted by Gasteiger charge is 2.41. The van der Waals surface area contributed by atoms with Crippen LogP contribution in [0.2, 0.25) is 0 Å². The van der Waals surface area contributed by atoms with Crippen LogP contribution >= 0.6 is 0 Å². The number of sulfone groups is 1. The molecule has 1 unspecified atom stereocenters. The molecule has 0 radical (unpaired) electrons. The van der Waals surface area contributed by atoms with E-state index >= 15 is 0 Å². The molecule has 1 saturated carbocycles. The summed E-state index contributed by atoms with van der Waals surface area (Å²) in [6.45, 7) is 4.41. The van der Waals surface area contributed by atoms with Crippen molar-refractivity contribution in [2.45, 2.75) is 56.5 Å². The summed E-state index contributed by atoms with van der Waals surface area (Å²) >= 11 is 0. The molecule has 0 heterocycles. The SMILES string of the molecule is CC(C)C(C(=O)Nc1ccc(OCCN)cc1)S(=O)(=O)C1CCCCC1. The molecular weight excluding hydrogens is 352 g/mol. The number of nitrogens with one attached hydrogen (secondary N) is 1. The Morgan fingerprint density at radius 1 is 1.19 bits per heavy atom. The fourth-order valence-electron chi connectivity index (χ4n) is 3.46. The van der Waals surface area contributed by atoms with Crippen molar-refractivity contribution in [1.29, 1.82) is 0 Å². The van der Waals surface area contributed by atoms with Gasteiger partial charge < -0.3 is 15.8 Å². The molecule has 1 aromatic rings. The molecule has 0 aliphatic heterocycles. The van der Waals surface area contributed by atoms with Crippen LogP contribution in [0.4, 0.5) is 5.69 Å². The normalized spacial score (nSPS) is 17.1. The number of hydrogen-bond donors (Lipinski definition) is 2. The van der Waals surface area contributed by atoms with E-state index in [-0.39, 0.29) is 5.92 Å². The van der Waals surface area contributed by atoms with Gasteiger partial charge in [0.15, 0.2) is 9.84 Å². The maximum absolute atomic E-state index is 13.0. The Morgan fingerprint density at radius 3 is 2.35 bits per heavy atom. The van der Waals surface area contributed by atoms with E-state index < -0.39 is 26.2 Å². The van der Waals surface area contributed by atoms with Crippen molar-refractivity contribution >= 4 is 21.4 Å². The van der Waals surface area contributed by atoms with Crippen LogP contribution in [0.3, 0.4) is 0 Å². The summed E-state index contributed by atoms with van der Waals surface area (Å²) in [6, 6.07) is 6.86. The summed E-state index contributed by atoms with van der Waals surface area (Å²) in [6.07, 6.45) is 4.22. The zero-order chi connectivity index (χ0) is 19.2. The zero-order valence-corrected chi connectivity index (χ0v) is 16.4. The van der Waals surface area contributed by atoms with Gasteiger partial charge in [0.2, 0.25) is 5.91 Å². The second kappa shape index (κ2) is 9.37. The largest absolute Gasteiger partial charge is 0.492 e. The molecular formula is C19H30N2O4S. The van der Waals surface area contributed by atoms with Crippen LogP contribution < -0.4 is 15.8 Å². The predicted octanol–water partition coefficient (Wildman–Crippen LogP) is 2.73. The molecule has 26 heavy (non-hydrogen) atoms. The highest BCUT2D eigenvalue weighted by molar-refractivity contribution is 7.93. The van der Waals surface area contributed by atoms with Gasteiger partial charge in [-0.2, -0.15) is 0 Å². The van der Waals surface area contributed by atoms with E-state index in [1.807, 2.05) is 0 Å². The first-order valence-electron chi connectivity index (χ1n) is 9.32. The van der Waals surface area contributed by atoms with Gasteiger partial charge in [-0.3, -0.25) is 4.79 Å². The zero-order valence-electron chi connectivity index (χ0n) is 15.6. The molecule has 3 N–H and O–H groups in total. The maximum Gasteiger partial charge on any atom is 0.242 e. The molecule has 0 aromatic heterocycles. The standard InChI is InChI=1S/C19H30N2O4S/c1-14(2)18(26(23,24)17-6-4-3-5-7-17)19(22)21-15-8-10-16(11-9-15)25-13-12-20/h8-11,14,17-18H,3-7,12-13,20H2,1-2H3,(H,21,22). The molecule has 0 spiro atoms. The monoisotopic (exact) mass is 382 g/mol. The van der Waals surface area contributed by atoms with E-state index in [1.54, 1.807) is 38.1 Å². The first-order valence-corrected chi connectivity index (χ1v) is 10.9. The van der Waals surface area contributed by atoms with E-state index in [1.165, 1.54) is 0 Å². The number of carbonyl (C=O) groups is 1. The number of amides is 1. The number of hydrogen-bond acceptors (Lipinski definition) is 5. The average molecular weight is 383 g/mol. The van der Waals surface area contributed by atoms with Crippen LogP contribution in [0.5, 0.6) is 5.75 Å². The lowest BCUT2D eigenvalue weighted by Crippen LogP contribution is -2.44. The number of nitrogens with two attached hydrogens (primary N) is 1. The van der Waals surface area contributed by atoms with Crippen LogP contribution in [0.25, 0.3) is 0 Å². The Bertz CT molecular complexity index is 680. The Labute approximate surface area is 156 Å². The minimum Gasteiger partial charge on any atom is -0.492 e. The lowest BCUT2D eigenvalue weighted by Gasteiger charge is -2.28. The van der Waals surface area contributed by atoms with Crippen molar-refractivity contribution in [3.63, 3.8) is 0 Å². The lowest BCUT2D eigenvalue weighted by atomic mass is 10.0. The first-order chi connectivity index (χ1) is 12.4. The molecule has 1 fully saturated rings. The number of benzene rings is 1. The Hall–Kier alpha value is -1.60. The lowest BCUT2D eigenvalue weighted by molar-refractivity contribution is -0.116. The van der Waals surface area contributed by atoms with Gasteiger partial charge in [0.25, 0.3) is 0 Å². The molecule has 1 aromatic carbocycles. The third-order valence-corrected chi connectivity index (χ3v) is 7.61. The number of rotatable bonds is 8. The van der Waals surface area contributed by atoms with Gasteiger partial charge in [0.05, 0.1) is 5.25 Å². The molecule has 0 saturated heterocycles. The Kier molecular flexibility index (Phi) is 7.46. The van der Waals surface area contributed by atoms with E-state index in [4.69, 9.17) is 10.5 Å². The van der Waals surface area contributed by atoms with Crippen LogP contribution in [0.1, 0.15) is 46.0 Å². The molecule has 1 aliphatic rings. The topological polar surface area (TPSA) is 98.5 Å². The Balaban J connectivity index is 2.10. The molecule has 2 rings (SSSR count). The second-order valence-corrected chi connectivity index (χ2v) is 9.52. The van der Waals surface area contributed by atoms with Gasteiger partial charge in [-0.15, -0.1) is 0 Å². The second-order valence-electron chi connectivity index (χ2n) is 7.16. The molecule has 6 nitrogen and oxygen atoms in total. The molecule has 1 amide bonds. The molecule has 7 heteroatoms. The fourth-order valence-corrected chi connectivity index (χ4v) is 5.98. The predicted molar refractivity (Wildman–Crippen MR) is 104 cm³/mol. The van der Waals surface area contributed by atoms with Crippen LogP contribution in [0, 0.1) is 5.92 Å². The number of carbonyl (C=O) groups excluding carboxylic acids is 1. The average Bonchev–Trinajstić information content (AvgIpc) is 2.61. The highest BCUT2D eigenvalue weighted by atomic mass is 32.2. The summed E-state index contributed by atoms with van der Waals surface area (Å²) in [5.41, 5.74) is 5.95. The minimum atomic E-state index is -3.51. The van der Waals surface area contributed by atoms with Crippen molar-refractivity contribution in [3.05, 3.63) is 24.3 Å². The quantitative estimate of drug-likeness (QED) is 0.720. The van der Waals surface area contributed by atoms with Gasteiger partial charge in [-0.25, -0.2) is 8.42 Å². The number of ether oxygens (including phenoxy) is 1. The van der Waals surface area contributed by atoms with Crippen molar-refractivity contribution < 1.29 is 17.9 Å². The van der Waals surface area contributed by atoms with Gasteiger partial charge in [-0.05, 0) is 43.0 Å². The third-order valence-electron chi connectivity index (χ3n) is 4.74. The maximum atomic E-state index is 13.0. The molecule has 0 bridgehead atoms. The van der Waals surface area contributed by atoms with Crippen LogP contribution in [-0.2, 0) is 14.6 Å². The molecule has 146 valence electrons. The van der Waals surface area contributed by atoms with Gasteiger partial charge in [-0.1, -0.05) is 33.1 Å². The Morgan fingerprint density at radius 2 is 1.81 bits per heavy atom. The molecule has 1 aliphatic carbocycles. The highest BCUT2D eigenvalue weighted by Crippen LogP contribution is 2.29. The van der Waals surface area contributed by atoms with Gasteiger partial charge >= 0.3 is 0 Å². The van der Waals surface area contributed by atoms with E-state index in [0.29, 0.717) is 37.4 Å².